The minimum Gasteiger partial charge on any atom is -0.382 e. The zero-order valence-electron chi connectivity index (χ0n) is 13.1. The van der Waals surface area contributed by atoms with Crippen molar-refractivity contribution in [2.45, 2.75) is 52.0 Å². The van der Waals surface area contributed by atoms with Gasteiger partial charge in [0.1, 0.15) is 0 Å². The fourth-order valence-corrected chi connectivity index (χ4v) is 3.71. The highest BCUT2D eigenvalue weighted by atomic mass is 32.2. The maximum atomic E-state index is 11.3. The van der Waals surface area contributed by atoms with Gasteiger partial charge in [-0.2, -0.15) is 0 Å². The molecule has 0 aromatic heterocycles. The van der Waals surface area contributed by atoms with Crippen LogP contribution in [-0.2, 0) is 10.0 Å². The number of nitrogens with one attached hydrogen (secondary N) is 2. The molecule has 5 heteroatoms. The fourth-order valence-electron chi connectivity index (χ4n) is 3.08. The fraction of sp³-hybridized carbons (Fsp3) is 0.625. The Hall–Kier alpha value is -1.23. The lowest BCUT2D eigenvalue weighted by Gasteiger charge is -2.29. The van der Waals surface area contributed by atoms with Crippen LogP contribution < -0.4 is 10.0 Å². The van der Waals surface area contributed by atoms with Gasteiger partial charge in [-0.05, 0) is 56.4 Å². The lowest BCUT2D eigenvalue weighted by atomic mass is 9.84. The summed E-state index contributed by atoms with van der Waals surface area (Å²) in [5.74, 6) is 0.743. The first-order valence-electron chi connectivity index (χ1n) is 7.70. The van der Waals surface area contributed by atoms with E-state index in [0.29, 0.717) is 11.7 Å². The van der Waals surface area contributed by atoms with Crippen LogP contribution in [0.25, 0.3) is 0 Å². The van der Waals surface area contributed by atoms with E-state index in [1.54, 1.807) is 0 Å². The molecule has 1 aliphatic rings. The number of hydrogen-bond donors (Lipinski definition) is 2. The van der Waals surface area contributed by atoms with Crippen LogP contribution in [-0.4, -0.2) is 20.7 Å². The van der Waals surface area contributed by atoms with Crippen LogP contribution in [0.1, 0.15) is 44.6 Å². The van der Waals surface area contributed by atoms with Crippen LogP contribution in [0.5, 0.6) is 0 Å². The van der Waals surface area contributed by atoms with Gasteiger partial charge in [0.2, 0.25) is 10.0 Å². The molecule has 2 N–H and O–H groups in total. The summed E-state index contributed by atoms with van der Waals surface area (Å²) in [5.41, 5.74) is 2.64. The van der Waals surface area contributed by atoms with Gasteiger partial charge in [0, 0.05) is 11.7 Å². The van der Waals surface area contributed by atoms with Crippen molar-refractivity contribution in [1.82, 2.24) is 0 Å². The molecule has 0 heterocycles. The number of hydrogen-bond acceptors (Lipinski definition) is 3. The van der Waals surface area contributed by atoms with Gasteiger partial charge in [-0.25, -0.2) is 8.42 Å². The Bertz CT molecular complexity index is 578. The van der Waals surface area contributed by atoms with Gasteiger partial charge >= 0.3 is 0 Å². The van der Waals surface area contributed by atoms with E-state index in [2.05, 4.69) is 17.0 Å². The third-order valence-corrected chi connectivity index (χ3v) is 4.86. The Morgan fingerprint density at radius 1 is 1.19 bits per heavy atom. The van der Waals surface area contributed by atoms with Gasteiger partial charge in [0.15, 0.2) is 0 Å². The molecule has 1 saturated carbocycles. The molecule has 1 aromatic carbocycles. The average molecular weight is 310 g/mol. The number of sulfonamides is 1. The van der Waals surface area contributed by atoms with Crippen molar-refractivity contribution in [3.05, 3.63) is 23.8 Å². The van der Waals surface area contributed by atoms with E-state index in [9.17, 15) is 8.42 Å². The molecule has 1 fully saturated rings. The lowest BCUT2D eigenvalue weighted by Crippen LogP contribution is -2.27. The Morgan fingerprint density at radius 3 is 2.43 bits per heavy atom. The van der Waals surface area contributed by atoms with E-state index >= 15 is 0 Å². The molecule has 0 bridgehead atoms. The van der Waals surface area contributed by atoms with Gasteiger partial charge in [-0.15, -0.1) is 0 Å². The molecule has 0 aliphatic heterocycles. The quantitative estimate of drug-likeness (QED) is 0.871. The number of anilines is 2. The summed E-state index contributed by atoms with van der Waals surface area (Å²) in [6.07, 6.45) is 7.83. The largest absolute Gasteiger partial charge is 0.382 e. The summed E-state index contributed by atoms with van der Waals surface area (Å²) >= 11 is 0. The summed E-state index contributed by atoms with van der Waals surface area (Å²) in [6, 6.07) is 6.23. The molecule has 1 unspecified atom stereocenters. The first-order valence-corrected chi connectivity index (χ1v) is 9.59. The summed E-state index contributed by atoms with van der Waals surface area (Å²) < 4.78 is 25.1. The van der Waals surface area contributed by atoms with Crippen LogP contribution in [0.15, 0.2) is 18.2 Å². The standard InChI is InChI=1S/C16H26N2O2S/c1-12-11-15(9-10-16(12)18-21(3,19)20)17-13(2)14-7-5-4-6-8-14/h9-11,13-14,17-18H,4-8H2,1-3H3. The second-order valence-electron chi connectivity index (χ2n) is 6.24. The number of aryl methyl sites for hydroxylation is 1. The molecule has 2 rings (SSSR count). The molecule has 1 aromatic rings. The topological polar surface area (TPSA) is 58.2 Å². The summed E-state index contributed by atoms with van der Waals surface area (Å²) in [4.78, 5) is 0. The highest BCUT2D eigenvalue weighted by Crippen LogP contribution is 2.29. The Labute approximate surface area is 128 Å². The predicted molar refractivity (Wildman–Crippen MR) is 89.3 cm³/mol. The SMILES string of the molecule is Cc1cc(NC(C)C2CCCCC2)ccc1NS(C)(=O)=O. The lowest BCUT2D eigenvalue weighted by molar-refractivity contribution is 0.328. The minimum absolute atomic E-state index is 0.457. The molecular weight excluding hydrogens is 284 g/mol. The Morgan fingerprint density at radius 2 is 1.86 bits per heavy atom. The molecule has 118 valence electrons. The number of rotatable bonds is 5. The monoisotopic (exact) mass is 310 g/mol. The minimum atomic E-state index is -3.22. The van der Waals surface area contributed by atoms with Crippen molar-refractivity contribution in [3.63, 3.8) is 0 Å². The molecule has 21 heavy (non-hydrogen) atoms. The molecule has 0 saturated heterocycles. The van der Waals surface area contributed by atoms with E-state index in [1.165, 1.54) is 38.4 Å². The van der Waals surface area contributed by atoms with Crippen molar-refractivity contribution in [2.24, 2.45) is 5.92 Å². The van der Waals surface area contributed by atoms with E-state index in [1.807, 2.05) is 25.1 Å². The van der Waals surface area contributed by atoms with Crippen LogP contribution in [0.2, 0.25) is 0 Å². The predicted octanol–water partition coefficient (Wildman–Crippen LogP) is 3.75. The van der Waals surface area contributed by atoms with Crippen molar-refractivity contribution >= 4 is 21.4 Å². The van der Waals surface area contributed by atoms with Crippen molar-refractivity contribution < 1.29 is 8.42 Å². The van der Waals surface area contributed by atoms with E-state index in [4.69, 9.17) is 0 Å². The molecule has 4 nitrogen and oxygen atoms in total. The Kier molecular flexibility index (Phi) is 5.14. The first-order chi connectivity index (χ1) is 9.85. The summed E-state index contributed by atoms with van der Waals surface area (Å²) in [6.45, 7) is 4.16. The highest BCUT2D eigenvalue weighted by molar-refractivity contribution is 7.92. The maximum absolute atomic E-state index is 11.3. The molecular formula is C16H26N2O2S. The van der Waals surface area contributed by atoms with Crippen LogP contribution in [0.3, 0.4) is 0 Å². The third-order valence-electron chi connectivity index (χ3n) is 4.27. The number of benzene rings is 1. The highest BCUT2D eigenvalue weighted by Gasteiger charge is 2.19. The molecule has 1 atom stereocenters. The van der Waals surface area contributed by atoms with Gasteiger partial charge in [0.05, 0.1) is 11.9 Å². The molecule has 0 spiro atoms. The summed E-state index contributed by atoms with van der Waals surface area (Å²) in [5, 5.41) is 3.57. The van der Waals surface area contributed by atoms with E-state index in [0.717, 1.165) is 17.2 Å². The molecule has 0 radical (unpaired) electrons. The molecule has 1 aliphatic carbocycles. The zero-order valence-corrected chi connectivity index (χ0v) is 14.0. The smallest absolute Gasteiger partial charge is 0.229 e. The van der Waals surface area contributed by atoms with E-state index in [-0.39, 0.29) is 0 Å². The average Bonchev–Trinajstić information content (AvgIpc) is 2.41. The van der Waals surface area contributed by atoms with Gasteiger partial charge in [-0.3, -0.25) is 4.72 Å². The van der Waals surface area contributed by atoms with Crippen LogP contribution in [0.4, 0.5) is 11.4 Å². The normalized spacial score (nSPS) is 18.2. The van der Waals surface area contributed by atoms with Crippen LogP contribution >= 0.6 is 0 Å². The first kappa shape index (κ1) is 16.1. The third kappa shape index (κ3) is 4.92. The second kappa shape index (κ2) is 6.69. The molecule has 0 amide bonds. The van der Waals surface area contributed by atoms with E-state index < -0.39 is 10.0 Å². The van der Waals surface area contributed by atoms with Crippen molar-refractivity contribution in [1.29, 1.82) is 0 Å². The Balaban J connectivity index is 2.02. The van der Waals surface area contributed by atoms with Crippen molar-refractivity contribution in [2.75, 3.05) is 16.3 Å². The van der Waals surface area contributed by atoms with Crippen molar-refractivity contribution in [3.8, 4) is 0 Å². The van der Waals surface area contributed by atoms with Gasteiger partial charge < -0.3 is 5.32 Å². The second-order valence-corrected chi connectivity index (χ2v) is 7.98. The van der Waals surface area contributed by atoms with Gasteiger partial charge in [0.25, 0.3) is 0 Å². The zero-order chi connectivity index (χ0) is 15.5. The summed E-state index contributed by atoms with van der Waals surface area (Å²) in [7, 11) is -3.22. The van der Waals surface area contributed by atoms with Gasteiger partial charge in [-0.1, -0.05) is 19.3 Å². The van der Waals surface area contributed by atoms with Crippen LogP contribution in [0, 0.1) is 12.8 Å². The maximum Gasteiger partial charge on any atom is 0.229 e.